The summed E-state index contributed by atoms with van der Waals surface area (Å²) in [6.07, 6.45) is 1.56. The first kappa shape index (κ1) is 13.2. The van der Waals surface area contributed by atoms with Crippen LogP contribution in [0.3, 0.4) is 0 Å². The van der Waals surface area contributed by atoms with E-state index < -0.39 is 4.92 Å². The van der Waals surface area contributed by atoms with Gasteiger partial charge in [0.05, 0.1) is 27.4 Å². The highest BCUT2D eigenvalue weighted by Crippen LogP contribution is 2.27. The van der Waals surface area contributed by atoms with Crippen LogP contribution < -0.4 is 5.32 Å². The van der Waals surface area contributed by atoms with Gasteiger partial charge in [0.15, 0.2) is 0 Å². The molecular formula is C11H11N3O4S. The summed E-state index contributed by atoms with van der Waals surface area (Å²) in [5.74, 6) is 0.678. The molecule has 1 amide bonds. The zero-order chi connectivity index (χ0) is 14.0. The van der Waals surface area contributed by atoms with Crippen LogP contribution in [0.5, 0.6) is 0 Å². The van der Waals surface area contributed by atoms with Crippen molar-refractivity contribution in [3.63, 3.8) is 0 Å². The molecule has 0 aliphatic carbocycles. The second kappa shape index (κ2) is 5.19. The molecule has 0 atom stereocenters. The van der Waals surface area contributed by atoms with Crippen molar-refractivity contribution in [3.8, 4) is 0 Å². The number of aromatic nitrogens is 1. The fourth-order valence-corrected chi connectivity index (χ4v) is 2.40. The zero-order valence-electron chi connectivity index (χ0n) is 10.3. The molecule has 2 heterocycles. The molecule has 0 saturated heterocycles. The van der Waals surface area contributed by atoms with Crippen molar-refractivity contribution in [2.24, 2.45) is 0 Å². The molecule has 0 aromatic carbocycles. The van der Waals surface area contributed by atoms with E-state index in [9.17, 15) is 14.9 Å². The van der Waals surface area contributed by atoms with Gasteiger partial charge >= 0.3 is 0 Å². The van der Waals surface area contributed by atoms with Crippen LogP contribution in [-0.4, -0.2) is 15.8 Å². The van der Waals surface area contributed by atoms with Crippen LogP contribution in [0.15, 0.2) is 16.7 Å². The highest BCUT2D eigenvalue weighted by molar-refractivity contribution is 7.14. The number of rotatable bonds is 4. The maximum Gasteiger partial charge on any atom is 0.283 e. The predicted octanol–water partition coefficient (Wildman–Crippen LogP) is 2.19. The summed E-state index contributed by atoms with van der Waals surface area (Å²) in [6.45, 7) is 3.51. The van der Waals surface area contributed by atoms with Crippen LogP contribution in [-0.2, 0) is 6.54 Å². The van der Waals surface area contributed by atoms with E-state index in [1.54, 1.807) is 20.0 Å². The molecule has 2 aromatic rings. The first-order valence-electron chi connectivity index (χ1n) is 5.41. The van der Waals surface area contributed by atoms with Gasteiger partial charge in [0, 0.05) is 6.07 Å². The van der Waals surface area contributed by atoms with Crippen LogP contribution in [0.1, 0.15) is 26.2 Å². The van der Waals surface area contributed by atoms with Crippen LogP contribution >= 0.6 is 11.3 Å². The Bertz CT molecular complexity index is 632. The van der Waals surface area contributed by atoms with Gasteiger partial charge in [0.2, 0.25) is 5.89 Å². The van der Waals surface area contributed by atoms with E-state index in [4.69, 9.17) is 4.42 Å². The van der Waals surface area contributed by atoms with Crippen LogP contribution in [0.2, 0.25) is 0 Å². The number of carbonyl (C=O) groups excluding carboxylic acids is 1. The Kier molecular flexibility index (Phi) is 3.61. The smallest absolute Gasteiger partial charge is 0.283 e. The Morgan fingerprint density at radius 2 is 2.32 bits per heavy atom. The van der Waals surface area contributed by atoms with Crippen LogP contribution in [0.25, 0.3) is 0 Å². The highest BCUT2D eigenvalue weighted by atomic mass is 32.1. The van der Waals surface area contributed by atoms with E-state index >= 15 is 0 Å². The minimum Gasteiger partial charge on any atom is -0.444 e. The minimum atomic E-state index is -0.500. The molecule has 0 bridgehead atoms. The fraction of sp³-hybridized carbons (Fsp3) is 0.273. The molecule has 100 valence electrons. The van der Waals surface area contributed by atoms with Crippen molar-refractivity contribution in [1.82, 2.24) is 10.3 Å². The third-order valence-electron chi connectivity index (χ3n) is 2.38. The number of oxazole rings is 1. The monoisotopic (exact) mass is 281 g/mol. The van der Waals surface area contributed by atoms with Gasteiger partial charge in [-0.05, 0) is 13.8 Å². The lowest BCUT2D eigenvalue weighted by molar-refractivity contribution is -0.385. The second-order valence-electron chi connectivity index (χ2n) is 3.86. The average molecular weight is 281 g/mol. The molecular weight excluding hydrogens is 270 g/mol. The quantitative estimate of drug-likeness (QED) is 0.684. The third-order valence-corrected chi connectivity index (χ3v) is 3.42. The normalized spacial score (nSPS) is 10.4. The maximum atomic E-state index is 11.8. The van der Waals surface area contributed by atoms with E-state index in [1.165, 1.54) is 6.07 Å². The summed E-state index contributed by atoms with van der Waals surface area (Å²) in [6, 6.07) is 1.27. The summed E-state index contributed by atoms with van der Waals surface area (Å²) in [4.78, 5) is 26.8. The van der Waals surface area contributed by atoms with Crippen molar-refractivity contribution in [2.45, 2.75) is 20.4 Å². The minimum absolute atomic E-state index is 0.0397. The van der Waals surface area contributed by atoms with Crippen molar-refractivity contribution < 1.29 is 14.1 Å². The molecule has 8 heteroatoms. The topological polar surface area (TPSA) is 98.3 Å². The Morgan fingerprint density at radius 3 is 2.84 bits per heavy atom. The highest BCUT2D eigenvalue weighted by Gasteiger charge is 2.19. The van der Waals surface area contributed by atoms with Gasteiger partial charge in [-0.1, -0.05) is 0 Å². The van der Waals surface area contributed by atoms with Crippen LogP contribution in [0.4, 0.5) is 5.69 Å². The number of carbonyl (C=O) groups is 1. The first-order valence-corrected chi connectivity index (χ1v) is 6.23. The van der Waals surface area contributed by atoms with Gasteiger partial charge < -0.3 is 9.73 Å². The molecule has 2 rings (SSSR count). The maximum absolute atomic E-state index is 11.8. The van der Waals surface area contributed by atoms with E-state index in [2.05, 4.69) is 10.3 Å². The van der Waals surface area contributed by atoms with Gasteiger partial charge in [0.25, 0.3) is 11.6 Å². The molecule has 0 aliphatic heterocycles. The van der Waals surface area contributed by atoms with Crippen molar-refractivity contribution >= 4 is 22.9 Å². The molecule has 0 fully saturated rings. The predicted molar refractivity (Wildman–Crippen MR) is 68.1 cm³/mol. The van der Waals surface area contributed by atoms with E-state index in [0.717, 1.165) is 11.3 Å². The fourth-order valence-electron chi connectivity index (χ4n) is 1.49. The summed E-state index contributed by atoms with van der Waals surface area (Å²) in [5, 5.41) is 13.3. The number of aryl methyl sites for hydroxylation is 2. The lowest BCUT2D eigenvalue weighted by Crippen LogP contribution is -2.21. The van der Waals surface area contributed by atoms with Gasteiger partial charge in [0.1, 0.15) is 5.76 Å². The van der Waals surface area contributed by atoms with Crippen molar-refractivity contribution in [1.29, 1.82) is 0 Å². The number of nitrogens with one attached hydrogen (secondary N) is 1. The molecule has 0 spiro atoms. The first-order chi connectivity index (χ1) is 8.97. The Hall–Kier alpha value is -2.22. The van der Waals surface area contributed by atoms with Gasteiger partial charge in [-0.25, -0.2) is 4.98 Å². The lowest BCUT2D eigenvalue weighted by atomic mass is 10.3. The zero-order valence-corrected chi connectivity index (χ0v) is 11.1. The van der Waals surface area contributed by atoms with Crippen molar-refractivity contribution in [2.75, 3.05) is 0 Å². The molecule has 0 radical (unpaired) electrons. The Labute approximate surface area is 112 Å². The molecule has 2 aromatic heterocycles. The standard InChI is InChI=1S/C11H11N3O4S/c1-6-4-12-10(18-6)5-13-11(15)9-3-8(14(16)17)7(2)19-9/h3-4H,5H2,1-2H3,(H,13,15). The Morgan fingerprint density at radius 1 is 1.58 bits per heavy atom. The average Bonchev–Trinajstić information content (AvgIpc) is 2.92. The molecule has 0 unspecified atom stereocenters. The molecule has 1 N–H and O–H groups in total. The molecule has 19 heavy (non-hydrogen) atoms. The largest absolute Gasteiger partial charge is 0.444 e. The second-order valence-corrected chi connectivity index (χ2v) is 5.11. The number of nitro groups is 1. The summed E-state index contributed by atoms with van der Waals surface area (Å²) >= 11 is 1.09. The molecule has 7 nitrogen and oxygen atoms in total. The Balaban J connectivity index is 2.04. The molecule has 0 aliphatic rings. The van der Waals surface area contributed by atoms with Gasteiger partial charge in [-0.3, -0.25) is 14.9 Å². The summed E-state index contributed by atoms with van der Waals surface area (Å²) < 4.78 is 5.21. The van der Waals surface area contributed by atoms with Crippen molar-refractivity contribution in [3.05, 3.63) is 43.8 Å². The third kappa shape index (κ3) is 2.97. The SMILES string of the molecule is Cc1cnc(CNC(=O)c2cc([N+](=O)[O-])c(C)s2)o1. The number of hydrogen-bond acceptors (Lipinski definition) is 6. The van der Waals surface area contributed by atoms with Crippen LogP contribution in [0, 0.1) is 24.0 Å². The summed E-state index contributed by atoms with van der Waals surface area (Å²) in [5.41, 5.74) is -0.0397. The number of nitrogens with zero attached hydrogens (tertiary/aromatic N) is 2. The number of amides is 1. The van der Waals surface area contributed by atoms with E-state index in [-0.39, 0.29) is 18.1 Å². The summed E-state index contributed by atoms with van der Waals surface area (Å²) in [7, 11) is 0. The lowest BCUT2D eigenvalue weighted by Gasteiger charge is -1.98. The van der Waals surface area contributed by atoms with Gasteiger partial charge in [-0.15, -0.1) is 11.3 Å². The van der Waals surface area contributed by atoms with E-state index in [0.29, 0.717) is 21.4 Å². The number of thiophene rings is 1. The molecule has 0 saturated carbocycles. The number of hydrogen-bond donors (Lipinski definition) is 1. The van der Waals surface area contributed by atoms with Gasteiger partial charge in [-0.2, -0.15) is 0 Å². The van der Waals surface area contributed by atoms with E-state index in [1.807, 2.05) is 0 Å².